The molecule has 0 spiro atoms. The van der Waals surface area contributed by atoms with Crippen LogP contribution in [0.15, 0.2) is 0 Å². The molecule has 0 fully saturated rings. The van der Waals surface area contributed by atoms with E-state index in [1.54, 1.807) is 0 Å². The largest absolute Gasteiger partial charge is 0.466 e. The van der Waals surface area contributed by atoms with Crippen LogP contribution in [0.25, 0.3) is 0 Å². The number of hydrogen-bond acceptors (Lipinski definition) is 7. The predicted molar refractivity (Wildman–Crippen MR) is 64.2 cm³/mol. The Labute approximate surface area is 112 Å². The van der Waals surface area contributed by atoms with E-state index in [1.165, 1.54) is 27.9 Å². The number of ether oxygens (including phenoxy) is 4. The van der Waals surface area contributed by atoms with Crippen molar-refractivity contribution in [3.63, 3.8) is 0 Å². The molecule has 0 heterocycles. The van der Waals surface area contributed by atoms with Crippen molar-refractivity contribution >= 4 is 17.9 Å². The van der Waals surface area contributed by atoms with Gasteiger partial charge in [0.1, 0.15) is 0 Å². The highest BCUT2D eigenvalue weighted by molar-refractivity contribution is 5.80. The zero-order valence-electron chi connectivity index (χ0n) is 11.6. The van der Waals surface area contributed by atoms with Gasteiger partial charge in [0.15, 0.2) is 12.2 Å². The van der Waals surface area contributed by atoms with Crippen LogP contribution in [0.2, 0.25) is 0 Å². The molecule has 0 aromatic carbocycles. The summed E-state index contributed by atoms with van der Waals surface area (Å²) in [5.41, 5.74) is 0. The minimum absolute atomic E-state index is 0.0911. The number of hydrogen-bond donors (Lipinski definition) is 0. The fourth-order valence-corrected chi connectivity index (χ4v) is 0.979. The van der Waals surface area contributed by atoms with Crippen molar-refractivity contribution in [3.05, 3.63) is 0 Å². The second-order valence-corrected chi connectivity index (χ2v) is 3.82. The molecule has 2 atom stereocenters. The van der Waals surface area contributed by atoms with Crippen molar-refractivity contribution in [2.45, 2.75) is 39.4 Å². The van der Waals surface area contributed by atoms with E-state index in [1.807, 2.05) is 0 Å². The molecule has 0 aromatic heterocycles. The van der Waals surface area contributed by atoms with E-state index in [0.29, 0.717) is 6.42 Å². The Bertz CT molecular complexity index is 313. The molecule has 0 amide bonds. The van der Waals surface area contributed by atoms with E-state index in [-0.39, 0.29) is 19.2 Å². The lowest BCUT2D eigenvalue weighted by molar-refractivity contribution is -0.172. The van der Waals surface area contributed by atoms with Crippen LogP contribution in [0.4, 0.5) is 0 Å². The summed E-state index contributed by atoms with van der Waals surface area (Å²) in [4.78, 5) is 33.2. The second kappa shape index (κ2) is 9.32. The topological polar surface area (TPSA) is 88.1 Å². The summed E-state index contributed by atoms with van der Waals surface area (Å²) >= 11 is 0. The first-order chi connectivity index (χ1) is 8.88. The molecule has 7 heteroatoms. The number of methoxy groups -OCH3 is 1. The second-order valence-electron chi connectivity index (χ2n) is 3.82. The van der Waals surface area contributed by atoms with Crippen molar-refractivity contribution in [2.24, 2.45) is 0 Å². The molecule has 0 radical (unpaired) electrons. The van der Waals surface area contributed by atoms with Gasteiger partial charge in [-0.2, -0.15) is 0 Å². The molecule has 0 N–H and O–H groups in total. The van der Waals surface area contributed by atoms with Crippen molar-refractivity contribution in [3.8, 4) is 0 Å². The van der Waals surface area contributed by atoms with E-state index < -0.39 is 24.1 Å². The highest BCUT2D eigenvalue weighted by Gasteiger charge is 2.22. The fraction of sp³-hybridized carbons (Fsp3) is 0.750. The van der Waals surface area contributed by atoms with Crippen molar-refractivity contribution in [1.82, 2.24) is 0 Å². The van der Waals surface area contributed by atoms with Gasteiger partial charge >= 0.3 is 17.9 Å². The molecule has 0 bridgehead atoms. The van der Waals surface area contributed by atoms with Crippen molar-refractivity contribution < 1.29 is 33.3 Å². The van der Waals surface area contributed by atoms with Gasteiger partial charge in [0.2, 0.25) is 0 Å². The van der Waals surface area contributed by atoms with Crippen molar-refractivity contribution in [1.29, 1.82) is 0 Å². The summed E-state index contributed by atoms with van der Waals surface area (Å²) in [6.07, 6.45) is -1.35. The maximum Gasteiger partial charge on any atom is 0.347 e. The molecule has 0 aliphatic carbocycles. The first-order valence-corrected chi connectivity index (χ1v) is 5.91. The maximum absolute atomic E-state index is 11.4. The third-order valence-corrected chi connectivity index (χ3v) is 2.15. The van der Waals surface area contributed by atoms with E-state index in [0.717, 1.165) is 0 Å². The smallest absolute Gasteiger partial charge is 0.347 e. The number of esters is 3. The highest BCUT2D eigenvalue weighted by Crippen LogP contribution is 2.01. The summed E-state index contributed by atoms with van der Waals surface area (Å²) in [6.45, 7) is 4.49. The van der Waals surface area contributed by atoms with Gasteiger partial charge in [-0.3, -0.25) is 4.79 Å². The van der Waals surface area contributed by atoms with Crippen LogP contribution in [0.1, 0.15) is 27.2 Å². The Morgan fingerprint density at radius 2 is 1.53 bits per heavy atom. The molecule has 19 heavy (non-hydrogen) atoms. The van der Waals surface area contributed by atoms with E-state index in [2.05, 4.69) is 4.74 Å². The molecular weight excluding hydrogens is 256 g/mol. The third-order valence-electron chi connectivity index (χ3n) is 2.15. The summed E-state index contributed by atoms with van der Waals surface area (Å²) in [5, 5.41) is 0. The zero-order chi connectivity index (χ0) is 14.8. The average molecular weight is 276 g/mol. The molecule has 110 valence electrons. The molecular formula is C12H20O7. The standard InChI is InChI=1S/C12H20O7/c1-8(16-4)12(15)19-9(2)11(14)18-7-5-6-17-10(3)13/h8-9H,5-7H2,1-4H3. The van der Waals surface area contributed by atoms with Crippen LogP contribution < -0.4 is 0 Å². The third kappa shape index (κ3) is 8.15. The van der Waals surface area contributed by atoms with Gasteiger partial charge < -0.3 is 18.9 Å². The minimum Gasteiger partial charge on any atom is -0.466 e. The Balaban J connectivity index is 3.82. The average Bonchev–Trinajstić information content (AvgIpc) is 2.36. The lowest BCUT2D eigenvalue weighted by atomic mass is 10.3. The van der Waals surface area contributed by atoms with E-state index in [9.17, 15) is 14.4 Å². The van der Waals surface area contributed by atoms with Crippen LogP contribution in [0, 0.1) is 0 Å². The van der Waals surface area contributed by atoms with E-state index >= 15 is 0 Å². The minimum atomic E-state index is -1.00. The SMILES string of the molecule is COC(C)C(=O)OC(C)C(=O)OCCCOC(C)=O. The van der Waals surface area contributed by atoms with Crippen molar-refractivity contribution in [2.75, 3.05) is 20.3 Å². The first-order valence-electron chi connectivity index (χ1n) is 5.91. The zero-order valence-corrected chi connectivity index (χ0v) is 11.6. The maximum atomic E-state index is 11.4. The summed E-state index contributed by atoms with van der Waals surface area (Å²) in [5.74, 6) is -1.67. The molecule has 0 rings (SSSR count). The van der Waals surface area contributed by atoms with Gasteiger partial charge in [0, 0.05) is 20.5 Å². The Morgan fingerprint density at radius 1 is 0.947 bits per heavy atom. The van der Waals surface area contributed by atoms with Crippen LogP contribution in [0.5, 0.6) is 0 Å². The first kappa shape index (κ1) is 17.4. The van der Waals surface area contributed by atoms with Crippen LogP contribution >= 0.6 is 0 Å². The lowest BCUT2D eigenvalue weighted by Gasteiger charge is -2.15. The Morgan fingerprint density at radius 3 is 2.05 bits per heavy atom. The molecule has 0 saturated heterocycles. The quantitative estimate of drug-likeness (QED) is 0.361. The fourth-order valence-electron chi connectivity index (χ4n) is 0.979. The number of rotatable bonds is 8. The summed E-state index contributed by atoms with van der Waals surface area (Å²) < 4.78 is 19.1. The highest BCUT2D eigenvalue weighted by atomic mass is 16.6. The van der Waals surface area contributed by atoms with Crippen LogP contribution in [0.3, 0.4) is 0 Å². The van der Waals surface area contributed by atoms with Gasteiger partial charge in [0.25, 0.3) is 0 Å². The molecule has 0 aliphatic heterocycles. The van der Waals surface area contributed by atoms with Gasteiger partial charge in [-0.15, -0.1) is 0 Å². The Hall–Kier alpha value is -1.63. The molecule has 0 saturated carbocycles. The van der Waals surface area contributed by atoms with Gasteiger partial charge in [-0.1, -0.05) is 0 Å². The van der Waals surface area contributed by atoms with Crippen LogP contribution in [-0.4, -0.2) is 50.4 Å². The van der Waals surface area contributed by atoms with Crippen LogP contribution in [-0.2, 0) is 33.3 Å². The Kier molecular flexibility index (Phi) is 8.52. The monoisotopic (exact) mass is 276 g/mol. The predicted octanol–water partition coefficient (Wildman–Crippen LogP) is 0.449. The molecule has 7 nitrogen and oxygen atoms in total. The summed E-state index contributed by atoms with van der Waals surface area (Å²) in [6, 6.07) is 0. The normalized spacial score (nSPS) is 13.3. The molecule has 2 unspecified atom stereocenters. The summed E-state index contributed by atoms with van der Waals surface area (Å²) in [7, 11) is 1.37. The lowest BCUT2D eigenvalue weighted by Crippen LogP contribution is -2.31. The van der Waals surface area contributed by atoms with Gasteiger partial charge in [0.05, 0.1) is 13.2 Å². The van der Waals surface area contributed by atoms with Gasteiger partial charge in [-0.05, 0) is 13.8 Å². The molecule has 0 aliphatic rings. The van der Waals surface area contributed by atoms with Gasteiger partial charge in [-0.25, -0.2) is 9.59 Å². The molecule has 0 aromatic rings. The number of carbonyl (C=O) groups is 3. The number of carbonyl (C=O) groups excluding carboxylic acids is 3. The van der Waals surface area contributed by atoms with E-state index in [4.69, 9.17) is 14.2 Å².